The second-order valence-electron chi connectivity index (χ2n) is 6.67. The maximum absolute atomic E-state index is 5.93. The molecule has 0 amide bonds. The fourth-order valence-electron chi connectivity index (χ4n) is 2.45. The van der Waals surface area contributed by atoms with E-state index in [-0.39, 0.29) is 6.04 Å². The molecule has 0 fully saturated rings. The van der Waals surface area contributed by atoms with Crippen LogP contribution in [0, 0.1) is 5.92 Å². The van der Waals surface area contributed by atoms with Gasteiger partial charge >= 0.3 is 0 Å². The van der Waals surface area contributed by atoms with Crippen molar-refractivity contribution in [2.24, 2.45) is 11.7 Å². The van der Waals surface area contributed by atoms with E-state index in [1.54, 1.807) is 0 Å². The van der Waals surface area contributed by atoms with Crippen LogP contribution in [0.3, 0.4) is 0 Å². The highest BCUT2D eigenvalue weighted by Crippen LogP contribution is 2.25. The van der Waals surface area contributed by atoms with E-state index >= 15 is 0 Å². The van der Waals surface area contributed by atoms with Crippen LogP contribution in [0.4, 0.5) is 0 Å². The highest BCUT2D eigenvalue weighted by Gasteiger charge is 2.05. The largest absolute Gasteiger partial charge is 0.493 e. The van der Waals surface area contributed by atoms with Crippen LogP contribution in [0.2, 0.25) is 0 Å². The quantitative estimate of drug-likeness (QED) is 0.682. The average Bonchev–Trinajstić information content (AvgIpc) is 2.60. The first-order chi connectivity index (χ1) is 12.0. The Kier molecular flexibility index (Phi) is 5.19. The molecule has 1 unspecified atom stereocenters. The molecule has 4 heteroatoms. The number of aromatic nitrogens is 1. The van der Waals surface area contributed by atoms with Gasteiger partial charge in [0.2, 0.25) is 5.88 Å². The summed E-state index contributed by atoms with van der Waals surface area (Å²) < 4.78 is 11.5. The Morgan fingerprint density at radius 3 is 2.32 bits per heavy atom. The normalized spacial score (nSPS) is 12.4. The molecule has 3 aromatic rings. The Morgan fingerprint density at radius 2 is 1.64 bits per heavy atom. The minimum Gasteiger partial charge on any atom is -0.493 e. The number of pyridine rings is 1. The lowest BCUT2D eigenvalue weighted by Gasteiger charge is -2.10. The van der Waals surface area contributed by atoms with E-state index in [1.807, 2.05) is 55.5 Å². The molecule has 0 radical (unpaired) electrons. The molecule has 1 atom stereocenters. The zero-order chi connectivity index (χ0) is 17.8. The highest BCUT2D eigenvalue weighted by molar-refractivity contribution is 5.80. The van der Waals surface area contributed by atoms with Gasteiger partial charge in [0.1, 0.15) is 11.5 Å². The molecule has 0 saturated carbocycles. The molecule has 0 aliphatic carbocycles. The third-order valence-electron chi connectivity index (χ3n) is 3.84. The predicted octanol–water partition coefficient (Wildman–Crippen LogP) is 5.08. The number of fused-ring (bicyclic) bond motifs is 1. The molecule has 0 aliphatic heterocycles. The molecule has 0 bridgehead atoms. The van der Waals surface area contributed by atoms with Crippen molar-refractivity contribution in [3.8, 4) is 17.4 Å². The topological polar surface area (TPSA) is 57.4 Å². The lowest BCUT2D eigenvalue weighted by atomic mass is 10.1. The Hall–Kier alpha value is -2.59. The average molecular weight is 336 g/mol. The van der Waals surface area contributed by atoms with Gasteiger partial charge in [-0.25, -0.2) is 4.98 Å². The van der Waals surface area contributed by atoms with Gasteiger partial charge in [-0.15, -0.1) is 0 Å². The predicted molar refractivity (Wildman–Crippen MR) is 101 cm³/mol. The van der Waals surface area contributed by atoms with Crippen LogP contribution >= 0.6 is 0 Å². The second-order valence-corrected chi connectivity index (χ2v) is 6.67. The standard InChI is InChI=1S/C21H24N2O2/c1-14(2)13-24-18-6-8-19(9-7-18)25-21-11-5-17-12-16(15(3)22)4-10-20(17)23-21/h4-12,14-15H,13,22H2,1-3H3. The zero-order valence-electron chi connectivity index (χ0n) is 14.9. The summed E-state index contributed by atoms with van der Waals surface area (Å²) in [6.07, 6.45) is 0. The maximum Gasteiger partial charge on any atom is 0.219 e. The van der Waals surface area contributed by atoms with E-state index in [0.717, 1.165) is 28.0 Å². The van der Waals surface area contributed by atoms with Crippen LogP contribution in [0.1, 0.15) is 32.4 Å². The summed E-state index contributed by atoms with van der Waals surface area (Å²) >= 11 is 0. The number of ether oxygens (including phenoxy) is 2. The third kappa shape index (κ3) is 4.48. The Morgan fingerprint density at radius 1 is 0.920 bits per heavy atom. The smallest absolute Gasteiger partial charge is 0.219 e. The van der Waals surface area contributed by atoms with Crippen LogP contribution in [0.5, 0.6) is 17.4 Å². The summed E-state index contributed by atoms with van der Waals surface area (Å²) in [5, 5.41) is 1.06. The lowest BCUT2D eigenvalue weighted by molar-refractivity contribution is 0.271. The van der Waals surface area contributed by atoms with Crippen LogP contribution in [0.25, 0.3) is 10.9 Å². The highest BCUT2D eigenvalue weighted by atomic mass is 16.5. The summed E-state index contributed by atoms with van der Waals surface area (Å²) in [5.41, 5.74) is 7.92. The molecular weight excluding hydrogens is 312 g/mol. The number of hydrogen-bond acceptors (Lipinski definition) is 4. The van der Waals surface area contributed by atoms with Crippen LogP contribution in [0.15, 0.2) is 54.6 Å². The van der Waals surface area contributed by atoms with E-state index in [2.05, 4.69) is 24.9 Å². The van der Waals surface area contributed by atoms with Crippen molar-refractivity contribution >= 4 is 10.9 Å². The van der Waals surface area contributed by atoms with Gasteiger partial charge in [-0.05, 0) is 60.9 Å². The molecular formula is C21H24N2O2. The molecule has 0 aliphatic rings. The minimum absolute atomic E-state index is 0.0109. The van der Waals surface area contributed by atoms with Crippen molar-refractivity contribution in [2.75, 3.05) is 6.61 Å². The van der Waals surface area contributed by atoms with Crippen LogP contribution in [-0.4, -0.2) is 11.6 Å². The SMILES string of the molecule is CC(C)COc1ccc(Oc2ccc3cc(C(C)N)ccc3n2)cc1. The lowest BCUT2D eigenvalue weighted by Crippen LogP contribution is -2.04. The molecule has 3 rings (SSSR count). The number of benzene rings is 2. The molecule has 0 spiro atoms. The van der Waals surface area contributed by atoms with Crippen LogP contribution < -0.4 is 15.2 Å². The van der Waals surface area contributed by atoms with Gasteiger partial charge in [-0.3, -0.25) is 0 Å². The molecule has 25 heavy (non-hydrogen) atoms. The van der Waals surface area contributed by atoms with Gasteiger partial charge in [-0.2, -0.15) is 0 Å². The van der Waals surface area contributed by atoms with Crippen LogP contribution in [-0.2, 0) is 0 Å². The molecule has 4 nitrogen and oxygen atoms in total. The summed E-state index contributed by atoms with van der Waals surface area (Å²) in [6.45, 7) is 6.93. The third-order valence-corrected chi connectivity index (χ3v) is 3.84. The van der Waals surface area contributed by atoms with E-state index in [0.29, 0.717) is 18.4 Å². The van der Waals surface area contributed by atoms with Gasteiger partial charge in [-0.1, -0.05) is 19.9 Å². The van der Waals surface area contributed by atoms with Crippen molar-refractivity contribution in [3.63, 3.8) is 0 Å². The van der Waals surface area contributed by atoms with E-state index < -0.39 is 0 Å². The second kappa shape index (κ2) is 7.53. The Bertz CT molecular complexity index is 842. The number of hydrogen-bond donors (Lipinski definition) is 1. The maximum atomic E-state index is 5.93. The van der Waals surface area contributed by atoms with Gasteiger partial charge in [0, 0.05) is 17.5 Å². The van der Waals surface area contributed by atoms with Gasteiger partial charge < -0.3 is 15.2 Å². The van der Waals surface area contributed by atoms with E-state index in [9.17, 15) is 0 Å². The Balaban J connectivity index is 1.73. The summed E-state index contributed by atoms with van der Waals surface area (Å²) in [5.74, 6) is 2.64. The van der Waals surface area contributed by atoms with Gasteiger partial charge in [0.15, 0.2) is 0 Å². The summed E-state index contributed by atoms with van der Waals surface area (Å²) in [7, 11) is 0. The van der Waals surface area contributed by atoms with Crippen molar-refractivity contribution in [2.45, 2.75) is 26.8 Å². The fourth-order valence-corrected chi connectivity index (χ4v) is 2.45. The Labute approximate surface area is 148 Å². The van der Waals surface area contributed by atoms with Crippen molar-refractivity contribution in [1.29, 1.82) is 0 Å². The monoisotopic (exact) mass is 336 g/mol. The van der Waals surface area contributed by atoms with Crippen molar-refractivity contribution < 1.29 is 9.47 Å². The minimum atomic E-state index is 0.0109. The fraction of sp³-hybridized carbons (Fsp3) is 0.286. The van der Waals surface area contributed by atoms with E-state index in [4.69, 9.17) is 15.2 Å². The number of nitrogens with zero attached hydrogens (tertiary/aromatic N) is 1. The molecule has 1 aromatic heterocycles. The molecule has 2 N–H and O–H groups in total. The molecule has 2 aromatic carbocycles. The van der Waals surface area contributed by atoms with Gasteiger partial charge in [0.25, 0.3) is 0 Å². The van der Waals surface area contributed by atoms with Gasteiger partial charge in [0.05, 0.1) is 12.1 Å². The number of nitrogens with two attached hydrogens (primary N) is 1. The first kappa shape index (κ1) is 17.2. The summed E-state index contributed by atoms with van der Waals surface area (Å²) in [4.78, 5) is 4.56. The number of rotatable bonds is 6. The van der Waals surface area contributed by atoms with Crippen molar-refractivity contribution in [3.05, 3.63) is 60.2 Å². The first-order valence-electron chi connectivity index (χ1n) is 8.58. The molecule has 130 valence electrons. The first-order valence-corrected chi connectivity index (χ1v) is 8.58. The van der Waals surface area contributed by atoms with Crippen molar-refractivity contribution in [1.82, 2.24) is 4.98 Å². The molecule has 0 saturated heterocycles. The summed E-state index contributed by atoms with van der Waals surface area (Å²) in [6, 6.07) is 17.5. The zero-order valence-corrected chi connectivity index (χ0v) is 14.9. The molecule has 1 heterocycles. The van der Waals surface area contributed by atoms with E-state index in [1.165, 1.54) is 0 Å².